The molecule has 2 aromatic rings. The van der Waals surface area contributed by atoms with Crippen LogP contribution in [0.15, 0.2) is 30.6 Å². The maximum atomic E-state index is 5.97. The Morgan fingerprint density at radius 3 is 2.71 bits per heavy atom. The molecule has 0 atom stereocenters. The molecule has 3 nitrogen and oxygen atoms in total. The van der Waals surface area contributed by atoms with Crippen LogP contribution < -0.4 is 5.32 Å². The molecule has 0 amide bonds. The molecule has 2 rings (SSSR count). The first-order valence-corrected chi connectivity index (χ1v) is 5.97. The normalized spacial score (nSPS) is 10.3. The summed E-state index contributed by atoms with van der Waals surface area (Å²) < 4.78 is 0. The fourth-order valence-electron chi connectivity index (χ4n) is 1.43. The van der Waals surface area contributed by atoms with E-state index in [-0.39, 0.29) is 0 Å². The molecule has 5 heteroatoms. The zero-order valence-corrected chi connectivity index (χ0v) is 10.8. The molecule has 1 N–H and O–H groups in total. The number of benzene rings is 1. The van der Waals surface area contributed by atoms with Gasteiger partial charge in [-0.25, -0.2) is 4.98 Å². The summed E-state index contributed by atoms with van der Waals surface area (Å²) in [6.45, 7) is 2.81. The topological polar surface area (TPSA) is 37.8 Å². The van der Waals surface area contributed by atoms with E-state index in [0.717, 1.165) is 23.6 Å². The van der Waals surface area contributed by atoms with Gasteiger partial charge in [0, 0.05) is 12.1 Å². The molecule has 0 radical (unpaired) electrons. The van der Waals surface area contributed by atoms with Crippen molar-refractivity contribution in [3.63, 3.8) is 0 Å². The highest BCUT2D eigenvalue weighted by Gasteiger charge is 2.04. The fraction of sp³-hybridized carbons (Fsp3) is 0.167. The number of hydrogen-bond acceptors (Lipinski definition) is 3. The monoisotopic (exact) mass is 267 g/mol. The molecule has 1 aromatic carbocycles. The van der Waals surface area contributed by atoms with Crippen LogP contribution in [0.5, 0.6) is 0 Å². The summed E-state index contributed by atoms with van der Waals surface area (Å²) in [6, 6.07) is 5.40. The van der Waals surface area contributed by atoms with Crippen molar-refractivity contribution in [3.05, 3.63) is 40.6 Å². The zero-order valence-electron chi connectivity index (χ0n) is 9.24. The molecule has 1 aromatic heterocycles. The molecular weight excluding hydrogens is 257 g/mol. The first kappa shape index (κ1) is 12.1. The predicted molar refractivity (Wildman–Crippen MR) is 71.7 cm³/mol. The first-order valence-electron chi connectivity index (χ1n) is 5.22. The number of aromatic nitrogens is 2. The maximum Gasteiger partial charge on any atom is 0.145 e. The Bertz CT molecular complexity index is 529. The van der Waals surface area contributed by atoms with Crippen LogP contribution in [0.3, 0.4) is 0 Å². The molecule has 0 saturated carbocycles. The standard InChI is InChI=1S/C12H11Cl2N3/c1-2-16-12-7-15-6-11(17-12)8-3-4-9(13)10(14)5-8/h3-7H,2H2,1H3,(H,16,17). The zero-order chi connectivity index (χ0) is 12.3. The van der Waals surface area contributed by atoms with Crippen molar-refractivity contribution in [2.24, 2.45) is 0 Å². The molecule has 0 bridgehead atoms. The van der Waals surface area contributed by atoms with E-state index in [4.69, 9.17) is 23.2 Å². The molecule has 0 aliphatic carbocycles. The Morgan fingerprint density at radius 2 is 2.00 bits per heavy atom. The van der Waals surface area contributed by atoms with E-state index in [1.165, 1.54) is 0 Å². The smallest absolute Gasteiger partial charge is 0.145 e. The number of nitrogens with one attached hydrogen (secondary N) is 1. The Balaban J connectivity index is 2.38. The lowest BCUT2D eigenvalue weighted by Gasteiger charge is -2.05. The predicted octanol–water partition coefficient (Wildman–Crippen LogP) is 3.88. The van der Waals surface area contributed by atoms with E-state index in [9.17, 15) is 0 Å². The lowest BCUT2D eigenvalue weighted by Crippen LogP contribution is -2.00. The summed E-state index contributed by atoms with van der Waals surface area (Å²) in [6.07, 6.45) is 3.38. The lowest BCUT2D eigenvalue weighted by atomic mass is 10.2. The third kappa shape index (κ3) is 2.87. The van der Waals surface area contributed by atoms with Gasteiger partial charge >= 0.3 is 0 Å². The fourth-order valence-corrected chi connectivity index (χ4v) is 1.72. The largest absolute Gasteiger partial charge is 0.369 e. The van der Waals surface area contributed by atoms with E-state index in [2.05, 4.69) is 15.3 Å². The van der Waals surface area contributed by atoms with E-state index in [1.54, 1.807) is 24.5 Å². The van der Waals surface area contributed by atoms with Crippen LogP contribution in [0.25, 0.3) is 11.3 Å². The number of nitrogens with zero attached hydrogens (tertiary/aromatic N) is 2. The van der Waals surface area contributed by atoms with Crippen LogP contribution in [0.1, 0.15) is 6.92 Å². The number of anilines is 1. The summed E-state index contributed by atoms with van der Waals surface area (Å²) in [5.74, 6) is 0.746. The molecule has 0 aliphatic heterocycles. The molecule has 0 spiro atoms. The third-order valence-electron chi connectivity index (χ3n) is 2.21. The van der Waals surface area contributed by atoms with Gasteiger partial charge in [0.2, 0.25) is 0 Å². The second kappa shape index (κ2) is 5.34. The van der Waals surface area contributed by atoms with Crippen LogP contribution in [-0.2, 0) is 0 Å². The third-order valence-corrected chi connectivity index (χ3v) is 2.95. The highest BCUT2D eigenvalue weighted by atomic mass is 35.5. The molecule has 0 aliphatic rings. The van der Waals surface area contributed by atoms with Crippen molar-refractivity contribution in [1.29, 1.82) is 0 Å². The van der Waals surface area contributed by atoms with Crippen molar-refractivity contribution in [2.75, 3.05) is 11.9 Å². The first-order chi connectivity index (χ1) is 8.20. The van der Waals surface area contributed by atoms with Gasteiger partial charge in [0.05, 0.1) is 28.1 Å². The summed E-state index contributed by atoms with van der Waals surface area (Å²) in [4.78, 5) is 8.56. The minimum absolute atomic E-state index is 0.514. The van der Waals surface area contributed by atoms with Crippen molar-refractivity contribution < 1.29 is 0 Å². The van der Waals surface area contributed by atoms with Gasteiger partial charge < -0.3 is 5.32 Å². The van der Waals surface area contributed by atoms with E-state index in [1.807, 2.05) is 13.0 Å². The van der Waals surface area contributed by atoms with Gasteiger partial charge in [-0.05, 0) is 19.1 Å². The van der Waals surface area contributed by atoms with Crippen molar-refractivity contribution in [3.8, 4) is 11.3 Å². The summed E-state index contributed by atoms with van der Waals surface area (Å²) in [5, 5.41) is 4.16. The van der Waals surface area contributed by atoms with E-state index in [0.29, 0.717) is 10.0 Å². The summed E-state index contributed by atoms with van der Waals surface area (Å²) >= 11 is 11.8. The highest BCUT2D eigenvalue weighted by Crippen LogP contribution is 2.27. The summed E-state index contributed by atoms with van der Waals surface area (Å²) in [7, 11) is 0. The molecular formula is C12H11Cl2N3. The number of hydrogen-bond donors (Lipinski definition) is 1. The van der Waals surface area contributed by atoms with Gasteiger partial charge in [-0.1, -0.05) is 29.3 Å². The number of rotatable bonds is 3. The van der Waals surface area contributed by atoms with Crippen molar-refractivity contribution in [2.45, 2.75) is 6.92 Å². The second-order valence-electron chi connectivity index (χ2n) is 3.45. The average Bonchev–Trinajstić information content (AvgIpc) is 2.33. The van der Waals surface area contributed by atoms with Crippen LogP contribution >= 0.6 is 23.2 Å². The molecule has 17 heavy (non-hydrogen) atoms. The van der Waals surface area contributed by atoms with Gasteiger partial charge in [0.1, 0.15) is 5.82 Å². The van der Waals surface area contributed by atoms with Crippen LogP contribution in [0.2, 0.25) is 10.0 Å². The lowest BCUT2D eigenvalue weighted by molar-refractivity contribution is 1.12. The van der Waals surface area contributed by atoms with Crippen LogP contribution in [-0.4, -0.2) is 16.5 Å². The Hall–Kier alpha value is -1.32. The van der Waals surface area contributed by atoms with Crippen molar-refractivity contribution >= 4 is 29.0 Å². The Kier molecular flexibility index (Phi) is 3.82. The minimum Gasteiger partial charge on any atom is -0.369 e. The number of halogens is 2. The Morgan fingerprint density at radius 1 is 1.18 bits per heavy atom. The highest BCUT2D eigenvalue weighted by molar-refractivity contribution is 6.42. The Labute approximate surface area is 110 Å². The van der Waals surface area contributed by atoms with Crippen molar-refractivity contribution in [1.82, 2.24) is 9.97 Å². The SMILES string of the molecule is CCNc1cncc(-c2ccc(Cl)c(Cl)c2)n1. The average molecular weight is 268 g/mol. The molecule has 0 fully saturated rings. The quantitative estimate of drug-likeness (QED) is 0.917. The van der Waals surface area contributed by atoms with Gasteiger partial charge in [-0.2, -0.15) is 0 Å². The van der Waals surface area contributed by atoms with Crippen LogP contribution in [0, 0.1) is 0 Å². The minimum atomic E-state index is 0.514. The van der Waals surface area contributed by atoms with Gasteiger partial charge in [-0.3, -0.25) is 4.98 Å². The van der Waals surface area contributed by atoms with E-state index < -0.39 is 0 Å². The van der Waals surface area contributed by atoms with E-state index >= 15 is 0 Å². The second-order valence-corrected chi connectivity index (χ2v) is 4.26. The molecule has 1 heterocycles. The van der Waals surface area contributed by atoms with Crippen LogP contribution in [0.4, 0.5) is 5.82 Å². The maximum absolute atomic E-state index is 5.97. The van der Waals surface area contributed by atoms with Gasteiger partial charge in [0.25, 0.3) is 0 Å². The van der Waals surface area contributed by atoms with Gasteiger partial charge in [0.15, 0.2) is 0 Å². The molecule has 0 saturated heterocycles. The summed E-state index contributed by atoms with van der Waals surface area (Å²) in [5.41, 5.74) is 1.66. The molecule has 88 valence electrons. The van der Waals surface area contributed by atoms with Gasteiger partial charge in [-0.15, -0.1) is 0 Å². The molecule has 0 unspecified atom stereocenters.